The van der Waals surface area contributed by atoms with E-state index in [9.17, 15) is 18.0 Å². The maximum Gasteiger partial charge on any atom is 0.391 e. The Labute approximate surface area is 150 Å². The van der Waals surface area contributed by atoms with Crippen molar-refractivity contribution in [2.75, 3.05) is 18.0 Å². The first-order chi connectivity index (χ1) is 12.3. The Bertz CT molecular complexity index is 709. The van der Waals surface area contributed by atoms with Gasteiger partial charge < -0.3 is 9.80 Å². The highest BCUT2D eigenvalue weighted by Gasteiger charge is 2.43. The van der Waals surface area contributed by atoms with E-state index in [0.717, 1.165) is 36.6 Å². The summed E-state index contributed by atoms with van der Waals surface area (Å²) in [5, 5.41) is 0. The second kappa shape index (κ2) is 6.39. The normalized spacial score (nSPS) is 25.8. The van der Waals surface area contributed by atoms with Crippen LogP contribution in [-0.4, -0.2) is 40.0 Å². The number of fused-ring (bicyclic) bond motifs is 1. The molecule has 0 atom stereocenters. The zero-order chi connectivity index (χ0) is 18.5. The van der Waals surface area contributed by atoms with E-state index in [1.54, 1.807) is 4.90 Å². The second-order valence-corrected chi connectivity index (χ2v) is 7.64. The standard InChI is InChI=1S/C18H23F3N4O/c1-11-22-15-10-25(9-14(15)16(23-11)24-7-2-8-24)17(26)12-3-5-13(6-4-12)18(19,20)21/h12-13H,2-10H2,1H3. The zero-order valence-electron chi connectivity index (χ0n) is 14.8. The largest absolute Gasteiger partial charge is 0.391 e. The molecule has 0 spiro atoms. The monoisotopic (exact) mass is 368 g/mol. The van der Waals surface area contributed by atoms with Crippen molar-refractivity contribution in [3.63, 3.8) is 0 Å². The highest BCUT2D eigenvalue weighted by atomic mass is 19.4. The number of rotatable bonds is 2. The van der Waals surface area contributed by atoms with Gasteiger partial charge in [-0.15, -0.1) is 0 Å². The van der Waals surface area contributed by atoms with Gasteiger partial charge in [0.15, 0.2) is 0 Å². The summed E-state index contributed by atoms with van der Waals surface area (Å²) in [7, 11) is 0. The minimum absolute atomic E-state index is 0.0316. The van der Waals surface area contributed by atoms with E-state index < -0.39 is 12.1 Å². The molecule has 142 valence electrons. The number of hydrogen-bond donors (Lipinski definition) is 0. The molecule has 3 heterocycles. The van der Waals surface area contributed by atoms with E-state index in [1.807, 2.05) is 6.92 Å². The third-order valence-corrected chi connectivity index (χ3v) is 5.88. The summed E-state index contributed by atoms with van der Waals surface area (Å²) in [6.45, 7) is 4.71. The Hall–Kier alpha value is -1.86. The van der Waals surface area contributed by atoms with Crippen molar-refractivity contribution in [2.45, 2.75) is 58.3 Å². The first kappa shape index (κ1) is 17.5. The summed E-state index contributed by atoms with van der Waals surface area (Å²) < 4.78 is 38.5. The quantitative estimate of drug-likeness (QED) is 0.804. The van der Waals surface area contributed by atoms with E-state index in [2.05, 4.69) is 14.9 Å². The molecule has 1 saturated heterocycles. The summed E-state index contributed by atoms with van der Waals surface area (Å²) in [4.78, 5) is 25.9. The molecule has 26 heavy (non-hydrogen) atoms. The van der Waals surface area contributed by atoms with Gasteiger partial charge in [-0.1, -0.05) is 0 Å². The Morgan fingerprint density at radius 2 is 1.77 bits per heavy atom. The van der Waals surface area contributed by atoms with Crippen LogP contribution in [0.2, 0.25) is 0 Å². The predicted molar refractivity (Wildman–Crippen MR) is 89.4 cm³/mol. The molecule has 2 aliphatic heterocycles. The molecular weight excluding hydrogens is 345 g/mol. The lowest BCUT2D eigenvalue weighted by Crippen LogP contribution is -2.39. The number of aryl methyl sites for hydroxylation is 1. The van der Waals surface area contributed by atoms with Crippen molar-refractivity contribution < 1.29 is 18.0 Å². The highest BCUT2D eigenvalue weighted by molar-refractivity contribution is 5.80. The first-order valence-corrected chi connectivity index (χ1v) is 9.30. The first-order valence-electron chi connectivity index (χ1n) is 9.30. The van der Waals surface area contributed by atoms with Crippen LogP contribution < -0.4 is 4.90 Å². The number of nitrogens with zero attached hydrogens (tertiary/aromatic N) is 4. The lowest BCUT2D eigenvalue weighted by Gasteiger charge is -2.33. The Morgan fingerprint density at radius 1 is 1.08 bits per heavy atom. The van der Waals surface area contributed by atoms with Gasteiger partial charge in [-0.25, -0.2) is 9.97 Å². The van der Waals surface area contributed by atoms with E-state index in [4.69, 9.17) is 0 Å². The molecular formula is C18H23F3N4O. The van der Waals surface area contributed by atoms with Crippen molar-refractivity contribution >= 4 is 11.7 Å². The fraction of sp³-hybridized carbons (Fsp3) is 0.722. The second-order valence-electron chi connectivity index (χ2n) is 7.64. The Kier molecular flexibility index (Phi) is 4.31. The summed E-state index contributed by atoms with van der Waals surface area (Å²) in [6, 6.07) is 0. The van der Waals surface area contributed by atoms with Gasteiger partial charge in [0.2, 0.25) is 5.91 Å². The van der Waals surface area contributed by atoms with E-state index in [-0.39, 0.29) is 24.7 Å². The summed E-state index contributed by atoms with van der Waals surface area (Å²) in [5.41, 5.74) is 1.89. The summed E-state index contributed by atoms with van der Waals surface area (Å²) in [5.74, 6) is 0.0367. The van der Waals surface area contributed by atoms with Gasteiger partial charge in [0.05, 0.1) is 24.7 Å². The Morgan fingerprint density at radius 3 is 2.35 bits per heavy atom. The van der Waals surface area contributed by atoms with Crippen LogP contribution in [0.3, 0.4) is 0 Å². The third-order valence-electron chi connectivity index (χ3n) is 5.88. The number of halogens is 3. The average molecular weight is 368 g/mol. The Balaban J connectivity index is 1.44. The van der Waals surface area contributed by atoms with Crippen molar-refractivity contribution in [3.8, 4) is 0 Å². The van der Waals surface area contributed by atoms with Crippen molar-refractivity contribution in [2.24, 2.45) is 11.8 Å². The summed E-state index contributed by atoms with van der Waals surface area (Å²) in [6.07, 6.45) is -2.25. The average Bonchev–Trinajstić information content (AvgIpc) is 2.95. The molecule has 1 aromatic rings. The fourth-order valence-corrected chi connectivity index (χ4v) is 4.23. The number of carbonyl (C=O) groups is 1. The van der Waals surface area contributed by atoms with Crippen LogP contribution in [0.25, 0.3) is 0 Å². The molecule has 1 aliphatic carbocycles. The highest BCUT2D eigenvalue weighted by Crippen LogP contribution is 2.41. The topological polar surface area (TPSA) is 49.3 Å². The molecule has 1 amide bonds. The van der Waals surface area contributed by atoms with Gasteiger partial charge >= 0.3 is 6.18 Å². The maximum absolute atomic E-state index is 12.9. The molecule has 4 rings (SSSR count). The summed E-state index contributed by atoms with van der Waals surface area (Å²) >= 11 is 0. The number of carbonyl (C=O) groups excluding carboxylic acids is 1. The molecule has 3 aliphatic rings. The van der Waals surface area contributed by atoms with Crippen LogP contribution in [-0.2, 0) is 17.9 Å². The van der Waals surface area contributed by atoms with Gasteiger partial charge in [0.1, 0.15) is 11.6 Å². The predicted octanol–water partition coefficient (Wildman–Crippen LogP) is 3.21. The van der Waals surface area contributed by atoms with Crippen molar-refractivity contribution in [1.29, 1.82) is 0 Å². The van der Waals surface area contributed by atoms with E-state index in [1.165, 1.54) is 0 Å². The minimum Gasteiger partial charge on any atom is -0.356 e. The van der Waals surface area contributed by atoms with Crippen LogP contribution >= 0.6 is 0 Å². The van der Waals surface area contributed by atoms with E-state index in [0.29, 0.717) is 31.8 Å². The number of alkyl halides is 3. The molecule has 1 aromatic heterocycles. The fourth-order valence-electron chi connectivity index (χ4n) is 4.23. The van der Waals surface area contributed by atoms with Crippen molar-refractivity contribution in [1.82, 2.24) is 14.9 Å². The number of amides is 1. The molecule has 0 radical (unpaired) electrons. The number of anilines is 1. The molecule has 0 bridgehead atoms. The third kappa shape index (κ3) is 3.14. The number of aromatic nitrogens is 2. The molecule has 0 unspecified atom stereocenters. The smallest absolute Gasteiger partial charge is 0.356 e. The number of hydrogen-bond acceptors (Lipinski definition) is 4. The minimum atomic E-state index is -4.14. The lowest BCUT2D eigenvalue weighted by molar-refractivity contribution is -0.185. The molecule has 8 heteroatoms. The van der Waals surface area contributed by atoms with Crippen LogP contribution in [0.1, 0.15) is 49.2 Å². The van der Waals surface area contributed by atoms with Gasteiger partial charge in [-0.2, -0.15) is 13.2 Å². The van der Waals surface area contributed by atoms with Gasteiger partial charge in [-0.3, -0.25) is 4.79 Å². The molecule has 0 aromatic carbocycles. The molecule has 1 saturated carbocycles. The SMILES string of the molecule is Cc1nc2c(c(N3CCC3)n1)CN(C(=O)C1CCC(C(F)(F)F)CC1)C2. The van der Waals surface area contributed by atoms with Crippen LogP contribution in [0.15, 0.2) is 0 Å². The zero-order valence-corrected chi connectivity index (χ0v) is 14.8. The van der Waals surface area contributed by atoms with Gasteiger partial charge in [-0.05, 0) is 39.0 Å². The molecule has 2 fully saturated rings. The molecule has 0 N–H and O–H groups in total. The van der Waals surface area contributed by atoms with Crippen LogP contribution in [0.4, 0.5) is 19.0 Å². The lowest BCUT2D eigenvalue weighted by atomic mass is 9.81. The maximum atomic E-state index is 12.9. The molecule has 5 nitrogen and oxygen atoms in total. The van der Waals surface area contributed by atoms with Crippen LogP contribution in [0, 0.1) is 18.8 Å². The van der Waals surface area contributed by atoms with Gasteiger partial charge in [0, 0.05) is 24.6 Å². The van der Waals surface area contributed by atoms with Crippen molar-refractivity contribution in [3.05, 3.63) is 17.1 Å². The van der Waals surface area contributed by atoms with E-state index >= 15 is 0 Å². The van der Waals surface area contributed by atoms with Crippen LogP contribution in [0.5, 0.6) is 0 Å². The van der Waals surface area contributed by atoms with Gasteiger partial charge in [0.25, 0.3) is 0 Å².